The van der Waals surface area contributed by atoms with Crippen molar-refractivity contribution in [3.63, 3.8) is 0 Å². The molecule has 1 aromatic rings. The predicted octanol–water partition coefficient (Wildman–Crippen LogP) is 2.49. The van der Waals surface area contributed by atoms with Crippen LogP contribution in [-0.4, -0.2) is 29.8 Å². The number of carbonyl (C=O) groups excluding carboxylic acids is 1. The standard InChI is InChI=1S/C17H25NO3/c1-13-5-6-15(11-14(13)2)21-10-7-16(20)18-17(12-19)8-3-4-9-17/h5-6,11,19H,3-4,7-10,12H2,1-2H3,(H,18,20). The molecule has 2 rings (SSSR count). The van der Waals surface area contributed by atoms with Crippen LogP contribution in [0.5, 0.6) is 5.75 Å². The molecule has 4 heteroatoms. The summed E-state index contributed by atoms with van der Waals surface area (Å²) in [6.07, 6.45) is 4.19. The summed E-state index contributed by atoms with van der Waals surface area (Å²) in [4.78, 5) is 12.0. The number of carbonyl (C=O) groups is 1. The van der Waals surface area contributed by atoms with Crippen LogP contribution >= 0.6 is 0 Å². The van der Waals surface area contributed by atoms with Gasteiger partial charge >= 0.3 is 0 Å². The van der Waals surface area contributed by atoms with Gasteiger partial charge in [0.05, 0.1) is 25.2 Å². The summed E-state index contributed by atoms with van der Waals surface area (Å²) in [6, 6.07) is 5.93. The number of aliphatic hydroxyl groups is 1. The molecule has 0 aliphatic heterocycles. The summed E-state index contributed by atoms with van der Waals surface area (Å²) in [5, 5.41) is 12.5. The summed E-state index contributed by atoms with van der Waals surface area (Å²) in [6.45, 7) is 4.48. The second-order valence-corrected chi connectivity index (χ2v) is 6.04. The number of hydrogen-bond acceptors (Lipinski definition) is 3. The van der Waals surface area contributed by atoms with Crippen LogP contribution in [0.4, 0.5) is 0 Å². The van der Waals surface area contributed by atoms with Gasteiger partial charge in [-0.3, -0.25) is 4.79 Å². The third-order valence-electron chi connectivity index (χ3n) is 4.34. The fraction of sp³-hybridized carbons (Fsp3) is 0.588. The first-order valence-electron chi connectivity index (χ1n) is 7.67. The van der Waals surface area contributed by atoms with Gasteiger partial charge in [-0.1, -0.05) is 18.9 Å². The lowest BCUT2D eigenvalue weighted by atomic mass is 9.99. The molecular formula is C17H25NO3. The van der Waals surface area contributed by atoms with Crippen molar-refractivity contribution in [2.24, 2.45) is 0 Å². The number of amides is 1. The Kier molecular flexibility index (Phi) is 5.23. The van der Waals surface area contributed by atoms with E-state index in [1.807, 2.05) is 25.1 Å². The fourth-order valence-corrected chi connectivity index (χ4v) is 2.80. The largest absolute Gasteiger partial charge is 0.493 e. The molecule has 116 valence electrons. The zero-order chi connectivity index (χ0) is 15.3. The number of aryl methyl sites for hydroxylation is 2. The molecule has 1 aromatic carbocycles. The Bertz CT molecular complexity index is 493. The highest BCUT2D eigenvalue weighted by Crippen LogP contribution is 2.29. The van der Waals surface area contributed by atoms with Gasteiger partial charge in [-0.05, 0) is 49.9 Å². The molecule has 0 bridgehead atoms. The Morgan fingerprint density at radius 3 is 2.62 bits per heavy atom. The first kappa shape index (κ1) is 15.8. The monoisotopic (exact) mass is 291 g/mol. The van der Waals surface area contributed by atoms with E-state index in [-0.39, 0.29) is 12.5 Å². The third kappa shape index (κ3) is 4.21. The van der Waals surface area contributed by atoms with Crippen molar-refractivity contribution in [2.45, 2.75) is 51.5 Å². The molecule has 1 saturated carbocycles. The van der Waals surface area contributed by atoms with Crippen LogP contribution in [0.1, 0.15) is 43.2 Å². The summed E-state index contributed by atoms with van der Waals surface area (Å²) in [5.74, 6) is 0.749. The number of nitrogens with one attached hydrogen (secondary N) is 1. The molecule has 0 heterocycles. The topological polar surface area (TPSA) is 58.6 Å². The van der Waals surface area contributed by atoms with E-state index in [1.54, 1.807) is 0 Å². The van der Waals surface area contributed by atoms with E-state index in [0.29, 0.717) is 13.0 Å². The average Bonchev–Trinajstić information content (AvgIpc) is 2.92. The maximum absolute atomic E-state index is 12.0. The van der Waals surface area contributed by atoms with Crippen molar-refractivity contribution in [3.8, 4) is 5.75 Å². The molecule has 2 N–H and O–H groups in total. The van der Waals surface area contributed by atoms with Crippen molar-refractivity contribution >= 4 is 5.91 Å². The molecule has 0 radical (unpaired) electrons. The Morgan fingerprint density at radius 1 is 1.29 bits per heavy atom. The van der Waals surface area contributed by atoms with Gasteiger partial charge in [0.15, 0.2) is 0 Å². The highest BCUT2D eigenvalue weighted by atomic mass is 16.5. The Labute approximate surface area is 126 Å². The molecule has 0 aromatic heterocycles. The van der Waals surface area contributed by atoms with E-state index < -0.39 is 5.54 Å². The number of aliphatic hydroxyl groups excluding tert-OH is 1. The summed E-state index contributed by atoms with van der Waals surface area (Å²) >= 11 is 0. The highest BCUT2D eigenvalue weighted by molar-refractivity contribution is 5.77. The lowest BCUT2D eigenvalue weighted by Gasteiger charge is -2.27. The van der Waals surface area contributed by atoms with Crippen molar-refractivity contribution in [3.05, 3.63) is 29.3 Å². The molecule has 4 nitrogen and oxygen atoms in total. The van der Waals surface area contributed by atoms with E-state index in [2.05, 4.69) is 12.2 Å². The van der Waals surface area contributed by atoms with E-state index in [4.69, 9.17) is 4.74 Å². The van der Waals surface area contributed by atoms with E-state index in [9.17, 15) is 9.90 Å². The molecule has 0 saturated heterocycles. The van der Waals surface area contributed by atoms with E-state index >= 15 is 0 Å². The summed E-state index contributed by atoms with van der Waals surface area (Å²) < 4.78 is 5.62. The quantitative estimate of drug-likeness (QED) is 0.846. The number of benzene rings is 1. The summed E-state index contributed by atoms with van der Waals surface area (Å²) in [7, 11) is 0. The van der Waals surface area contributed by atoms with Crippen LogP contribution in [0.3, 0.4) is 0 Å². The number of rotatable bonds is 6. The fourth-order valence-electron chi connectivity index (χ4n) is 2.80. The molecule has 1 aliphatic carbocycles. The first-order chi connectivity index (χ1) is 10.0. The molecule has 1 aliphatic rings. The van der Waals surface area contributed by atoms with Crippen LogP contribution in [0.2, 0.25) is 0 Å². The number of hydrogen-bond donors (Lipinski definition) is 2. The van der Waals surface area contributed by atoms with Crippen LogP contribution in [0, 0.1) is 13.8 Å². The molecule has 0 atom stereocenters. The Hall–Kier alpha value is -1.55. The van der Waals surface area contributed by atoms with Crippen LogP contribution in [0.15, 0.2) is 18.2 Å². The van der Waals surface area contributed by atoms with Crippen LogP contribution < -0.4 is 10.1 Å². The summed E-state index contributed by atoms with van der Waals surface area (Å²) in [5.41, 5.74) is 2.02. The van der Waals surface area contributed by atoms with Crippen molar-refractivity contribution < 1.29 is 14.6 Å². The number of ether oxygens (including phenoxy) is 1. The van der Waals surface area contributed by atoms with Gasteiger partial charge in [0.2, 0.25) is 5.91 Å². The minimum absolute atomic E-state index is 0.0246. The minimum atomic E-state index is -0.391. The van der Waals surface area contributed by atoms with Gasteiger partial charge in [0.25, 0.3) is 0 Å². The highest BCUT2D eigenvalue weighted by Gasteiger charge is 2.34. The lowest BCUT2D eigenvalue weighted by molar-refractivity contribution is -0.124. The predicted molar refractivity (Wildman–Crippen MR) is 82.5 cm³/mol. The molecule has 0 unspecified atom stereocenters. The first-order valence-corrected chi connectivity index (χ1v) is 7.67. The van der Waals surface area contributed by atoms with E-state index in [1.165, 1.54) is 11.1 Å². The maximum Gasteiger partial charge on any atom is 0.223 e. The smallest absolute Gasteiger partial charge is 0.223 e. The molecule has 1 fully saturated rings. The van der Waals surface area contributed by atoms with Crippen molar-refractivity contribution in [2.75, 3.05) is 13.2 Å². The van der Waals surface area contributed by atoms with Crippen LogP contribution in [0.25, 0.3) is 0 Å². The van der Waals surface area contributed by atoms with E-state index in [0.717, 1.165) is 31.4 Å². The normalized spacial score (nSPS) is 16.7. The zero-order valence-corrected chi connectivity index (χ0v) is 12.9. The molecule has 1 amide bonds. The Morgan fingerprint density at radius 2 is 2.00 bits per heavy atom. The molecular weight excluding hydrogens is 266 g/mol. The molecule has 21 heavy (non-hydrogen) atoms. The van der Waals surface area contributed by atoms with Gasteiger partial charge in [-0.2, -0.15) is 0 Å². The van der Waals surface area contributed by atoms with Crippen molar-refractivity contribution in [1.29, 1.82) is 0 Å². The third-order valence-corrected chi connectivity index (χ3v) is 4.34. The second kappa shape index (κ2) is 6.94. The van der Waals surface area contributed by atoms with Gasteiger partial charge in [0, 0.05) is 0 Å². The van der Waals surface area contributed by atoms with Gasteiger partial charge in [-0.25, -0.2) is 0 Å². The SMILES string of the molecule is Cc1ccc(OCCC(=O)NC2(CO)CCCC2)cc1C. The maximum atomic E-state index is 12.0. The lowest BCUT2D eigenvalue weighted by Crippen LogP contribution is -2.49. The zero-order valence-electron chi connectivity index (χ0n) is 12.9. The van der Waals surface area contributed by atoms with Crippen LogP contribution in [-0.2, 0) is 4.79 Å². The Balaban J connectivity index is 1.77. The molecule has 0 spiro atoms. The minimum Gasteiger partial charge on any atom is -0.493 e. The van der Waals surface area contributed by atoms with Gasteiger partial charge in [0.1, 0.15) is 5.75 Å². The second-order valence-electron chi connectivity index (χ2n) is 6.04. The average molecular weight is 291 g/mol. The van der Waals surface area contributed by atoms with Crippen molar-refractivity contribution in [1.82, 2.24) is 5.32 Å². The van der Waals surface area contributed by atoms with Gasteiger partial charge < -0.3 is 15.2 Å². The van der Waals surface area contributed by atoms with Gasteiger partial charge in [-0.15, -0.1) is 0 Å².